The minimum Gasteiger partial charge on any atom is -0.466 e. The fourth-order valence-corrected chi connectivity index (χ4v) is 2.37. The number of aryl methyl sites for hydroxylation is 3. The molecule has 5 heteroatoms. The number of amides is 1. The third-order valence-electron chi connectivity index (χ3n) is 3.09. The Morgan fingerprint density at radius 1 is 1.21 bits per heavy atom. The number of anilines is 1. The number of carbonyl (C=O) groups is 1. The summed E-state index contributed by atoms with van der Waals surface area (Å²) in [6, 6.07) is 3.62. The van der Waals surface area contributed by atoms with Gasteiger partial charge in [0.05, 0.1) is 16.9 Å². The number of pyridine rings is 1. The van der Waals surface area contributed by atoms with Gasteiger partial charge in [-0.1, -0.05) is 0 Å². The Bertz CT molecular complexity index is 647. The average Bonchev–Trinajstić information content (AvgIpc) is 2.57. The van der Waals surface area contributed by atoms with Crippen LogP contribution in [0.25, 0.3) is 0 Å². The van der Waals surface area contributed by atoms with Gasteiger partial charge in [0.1, 0.15) is 16.1 Å². The van der Waals surface area contributed by atoms with E-state index in [0.29, 0.717) is 17.0 Å². The molecule has 2 rings (SSSR count). The molecule has 0 saturated heterocycles. The molecule has 0 radical (unpaired) electrons. The van der Waals surface area contributed by atoms with Crippen molar-refractivity contribution in [3.63, 3.8) is 0 Å². The first-order valence-corrected chi connectivity index (χ1v) is 6.70. The van der Waals surface area contributed by atoms with Crippen LogP contribution < -0.4 is 5.32 Å². The fraction of sp³-hybridized carbons (Fsp3) is 0.286. The topological polar surface area (TPSA) is 55.1 Å². The molecule has 2 heterocycles. The van der Waals surface area contributed by atoms with Crippen LogP contribution in [0.3, 0.4) is 0 Å². The molecule has 0 aliphatic heterocycles. The largest absolute Gasteiger partial charge is 0.466 e. The SMILES string of the molecule is Cc1nc(Br)ccc1NC(=O)c1c(C)oc(C)c1C. The predicted molar refractivity (Wildman–Crippen MR) is 77.5 cm³/mol. The van der Waals surface area contributed by atoms with Gasteiger partial charge in [0.2, 0.25) is 0 Å². The number of nitrogens with zero attached hydrogens (tertiary/aromatic N) is 1. The van der Waals surface area contributed by atoms with E-state index in [-0.39, 0.29) is 5.91 Å². The summed E-state index contributed by atoms with van der Waals surface area (Å²) in [5.41, 5.74) is 2.93. The third-order valence-corrected chi connectivity index (χ3v) is 3.53. The zero-order chi connectivity index (χ0) is 14.2. The monoisotopic (exact) mass is 322 g/mol. The van der Waals surface area contributed by atoms with Crippen LogP contribution in [0, 0.1) is 27.7 Å². The number of halogens is 1. The first-order chi connectivity index (χ1) is 8.90. The lowest BCUT2D eigenvalue weighted by Crippen LogP contribution is -2.14. The summed E-state index contributed by atoms with van der Waals surface area (Å²) in [6.07, 6.45) is 0. The van der Waals surface area contributed by atoms with Gasteiger partial charge in [-0.3, -0.25) is 4.79 Å². The normalized spacial score (nSPS) is 10.6. The second kappa shape index (κ2) is 5.17. The van der Waals surface area contributed by atoms with Crippen molar-refractivity contribution in [2.24, 2.45) is 0 Å². The highest BCUT2D eigenvalue weighted by atomic mass is 79.9. The van der Waals surface area contributed by atoms with Crippen molar-refractivity contribution >= 4 is 27.5 Å². The summed E-state index contributed by atoms with van der Waals surface area (Å²) in [5, 5.41) is 2.87. The Morgan fingerprint density at radius 2 is 1.89 bits per heavy atom. The van der Waals surface area contributed by atoms with E-state index in [1.165, 1.54) is 0 Å². The first kappa shape index (κ1) is 13.8. The Balaban J connectivity index is 2.31. The lowest BCUT2D eigenvalue weighted by Gasteiger charge is -2.08. The molecule has 19 heavy (non-hydrogen) atoms. The lowest BCUT2D eigenvalue weighted by atomic mass is 10.1. The van der Waals surface area contributed by atoms with E-state index < -0.39 is 0 Å². The fourth-order valence-electron chi connectivity index (χ4n) is 1.97. The van der Waals surface area contributed by atoms with Crippen molar-refractivity contribution in [1.82, 2.24) is 4.98 Å². The number of rotatable bonds is 2. The number of carbonyl (C=O) groups excluding carboxylic acids is 1. The molecule has 0 saturated carbocycles. The molecule has 0 aromatic carbocycles. The van der Waals surface area contributed by atoms with Crippen molar-refractivity contribution < 1.29 is 9.21 Å². The molecule has 0 atom stereocenters. The number of aromatic nitrogens is 1. The zero-order valence-electron chi connectivity index (χ0n) is 11.3. The second-order valence-corrected chi connectivity index (χ2v) is 5.25. The lowest BCUT2D eigenvalue weighted by molar-refractivity contribution is 0.102. The second-order valence-electron chi connectivity index (χ2n) is 4.44. The van der Waals surface area contributed by atoms with Gasteiger partial charge in [0.15, 0.2) is 0 Å². The van der Waals surface area contributed by atoms with Crippen molar-refractivity contribution in [3.8, 4) is 0 Å². The summed E-state index contributed by atoms with van der Waals surface area (Å²) in [6.45, 7) is 7.38. The van der Waals surface area contributed by atoms with Gasteiger partial charge in [-0.25, -0.2) is 4.98 Å². The van der Waals surface area contributed by atoms with E-state index in [1.54, 1.807) is 13.0 Å². The van der Waals surface area contributed by atoms with Gasteiger partial charge in [0.25, 0.3) is 5.91 Å². The first-order valence-electron chi connectivity index (χ1n) is 5.91. The predicted octanol–water partition coefficient (Wildman–Crippen LogP) is 3.92. The Kier molecular flexibility index (Phi) is 3.75. The van der Waals surface area contributed by atoms with E-state index >= 15 is 0 Å². The summed E-state index contributed by atoms with van der Waals surface area (Å²) in [5.74, 6) is 1.24. The number of hydrogen-bond acceptors (Lipinski definition) is 3. The highest BCUT2D eigenvalue weighted by Gasteiger charge is 2.19. The molecule has 1 amide bonds. The standard InChI is InChI=1S/C14H15BrN2O2/c1-7-9(3)19-10(4)13(7)14(18)17-11-5-6-12(15)16-8(11)2/h5-6H,1-4H3,(H,17,18). The van der Waals surface area contributed by atoms with Crippen molar-refractivity contribution in [1.29, 1.82) is 0 Å². The highest BCUT2D eigenvalue weighted by Crippen LogP contribution is 2.23. The van der Waals surface area contributed by atoms with Crippen molar-refractivity contribution in [3.05, 3.63) is 45.1 Å². The highest BCUT2D eigenvalue weighted by molar-refractivity contribution is 9.10. The molecule has 2 aromatic heterocycles. The molecular weight excluding hydrogens is 308 g/mol. The van der Waals surface area contributed by atoms with Crippen molar-refractivity contribution in [2.45, 2.75) is 27.7 Å². The van der Waals surface area contributed by atoms with Crippen LogP contribution in [0.5, 0.6) is 0 Å². The number of furan rings is 1. The molecule has 0 fully saturated rings. The maximum atomic E-state index is 12.3. The molecule has 0 aliphatic carbocycles. The van der Waals surface area contributed by atoms with Crippen LogP contribution in [-0.4, -0.2) is 10.9 Å². The van der Waals surface area contributed by atoms with Crippen LogP contribution in [0.15, 0.2) is 21.2 Å². The maximum Gasteiger partial charge on any atom is 0.259 e. The van der Waals surface area contributed by atoms with Gasteiger partial charge >= 0.3 is 0 Å². The quantitative estimate of drug-likeness (QED) is 0.852. The van der Waals surface area contributed by atoms with E-state index in [2.05, 4.69) is 26.2 Å². The maximum absolute atomic E-state index is 12.3. The van der Waals surface area contributed by atoms with Crippen LogP contribution in [0.2, 0.25) is 0 Å². The Labute approximate surface area is 120 Å². The van der Waals surface area contributed by atoms with Crippen LogP contribution in [-0.2, 0) is 0 Å². The molecule has 0 bridgehead atoms. The summed E-state index contributed by atoms with van der Waals surface area (Å²) >= 11 is 3.30. The Hall–Kier alpha value is -1.62. The number of nitrogens with one attached hydrogen (secondary N) is 1. The van der Waals surface area contributed by atoms with E-state index in [9.17, 15) is 4.79 Å². The molecule has 0 aliphatic rings. The van der Waals surface area contributed by atoms with Crippen LogP contribution >= 0.6 is 15.9 Å². The van der Waals surface area contributed by atoms with Crippen LogP contribution in [0.1, 0.15) is 33.1 Å². The smallest absolute Gasteiger partial charge is 0.259 e. The summed E-state index contributed by atoms with van der Waals surface area (Å²) < 4.78 is 6.21. The molecule has 1 N–H and O–H groups in total. The van der Waals surface area contributed by atoms with E-state index in [4.69, 9.17) is 4.42 Å². The number of hydrogen-bond donors (Lipinski definition) is 1. The average molecular weight is 323 g/mol. The Morgan fingerprint density at radius 3 is 2.42 bits per heavy atom. The molecular formula is C14H15BrN2O2. The molecule has 100 valence electrons. The van der Waals surface area contributed by atoms with Gasteiger partial charge < -0.3 is 9.73 Å². The molecule has 4 nitrogen and oxygen atoms in total. The van der Waals surface area contributed by atoms with Gasteiger partial charge in [-0.2, -0.15) is 0 Å². The molecule has 2 aromatic rings. The molecule has 0 unspecified atom stereocenters. The zero-order valence-corrected chi connectivity index (χ0v) is 12.9. The third kappa shape index (κ3) is 2.71. The van der Waals surface area contributed by atoms with Gasteiger partial charge in [-0.15, -0.1) is 0 Å². The summed E-state index contributed by atoms with van der Waals surface area (Å²) in [7, 11) is 0. The van der Waals surface area contributed by atoms with E-state index in [0.717, 1.165) is 21.6 Å². The van der Waals surface area contributed by atoms with Gasteiger partial charge in [-0.05, 0) is 55.8 Å². The van der Waals surface area contributed by atoms with Gasteiger partial charge in [0, 0.05) is 5.56 Å². The van der Waals surface area contributed by atoms with Crippen LogP contribution in [0.4, 0.5) is 5.69 Å². The molecule has 0 spiro atoms. The minimum atomic E-state index is -0.168. The minimum absolute atomic E-state index is 0.168. The van der Waals surface area contributed by atoms with Crippen molar-refractivity contribution in [2.75, 3.05) is 5.32 Å². The van der Waals surface area contributed by atoms with E-state index in [1.807, 2.05) is 26.8 Å². The summed E-state index contributed by atoms with van der Waals surface area (Å²) in [4.78, 5) is 16.5.